The first-order valence-electron chi connectivity index (χ1n) is 11.4. The van der Waals surface area contributed by atoms with Crippen molar-refractivity contribution >= 4 is 50.6 Å². The number of rotatable bonds is 4. The molecule has 6 rings (SSSR count). The molecule has 170 valence electrons. The number of nitrogens with zero attached hydrogens (tertiary/aromatic N) is 2. The smallest absolute Gasteiger partial charge is 0.276 e. The van der Waals surface area contributed by atoms with Gasteiger partial charge in [0, 0.05) is 51.7 Å². The molecule has 0 saturated carbocycles. The third-order valence-electron chi connectivity index (χ3n) is 6.32. The van der Waals surface area contributed by atoms with Crippen molar-refractivity contribution in [2.24, 2.45) is 0 Å². The third kappa shape index (κ3) is 3.86. The molecule has 0 atom stereocenters. The summed E-state index contributed by atoms with van der Waals surface area (Å²) < 4.78 is 0. The second kappa shape index (κ2) is 8.46. The zero-order valence-corrected chi connectivity index (χ0v) is 19.2. The Balaban J connectivity index is 1.23. The van der Waals surface area contributed by atoms with E-state index in [4.69, 9.17) is 0 Å². The van der Waals surface area contributed by atoms with Crippen LogP contribution >= 0.6 is 11.3 Å². The van der Waals surface area contributed by atoms with Gasteiger partial charge in [-0.15, -0.1) is 11.3 Å². The quantitative estimate of drug-likeness (QED) is 0.330. The zero-order chi connectivity index (χ0) is 23.1. The number of amides is 1. The van der Waals surface area contributed by atoms with E-state index in [-0.39, 0.29) is 11.5 Å². The van der Waals surface area contributed by atoms with E-state index in [1.807, 2.05) is 41.1 Å². The molecule has 1 aliphatic rings. The van der Waals surface area contributed by atoms with E-state index in [1.54, 1.807) is 6.07 Å². The summed E-state index contributed by atoms with van der Waals surface area (Å²) in [5.74, 6) is -0.175. The number of anilines is 2. The summed E-state index contributed by atoms with van der Waals surface area (Å²) in [6, 6.07) is 15.3. The van der Waals surface area contributed by atoms with Crippen molar-refractivity contribution in [3.63, 3.8) is 0 Å². The standard InChI is InChI=1S/C26H23N5O2S/c32-25(27-18-5-7-19(8-6-18)31-10-2-1-3-11-31)16-4-9-20-17(12-16)13-21(28-20)24-26(33)30-23-15-34-14-22(23)29-24/h4-9,12-15,28H,1-3,10-11H2,(H,27,32)(H,30,33). The zero-order valence-electron chi connectivity index (χ0n) is 18.4. The number of thiophene rings is 1. The predicted octanol–water partition coefficient (Wildman–Crippen LogP) is 5.38. The molecule has 4 heterocycles. The van der Waals surface area contributed by atoms with E-state index in [9.17, 15) is 9.59 Å². The minimum Gasteiger partial charge on any atom is -0.372 e. The normalized spacial score (nSPS) is 14.1. The van der Waals surface area contributed by atoms with E-state index in [2.05, 4.69) is 37.3 Å². The molecule has 8 heteroatoms. The lowest BCUT2D eigenvalue weighted by Crippen LogP contribution is -2.29. The van der Waals surface area contributed by atoms with Gasteiger partial charge in [-0.1, -0.05) is 0 Å². The molecule has 0 bridgehead atoms. The van der Waals surface area contributed by atoms with Crippen molar-refractivity contribution in [3.8, 4) is 11.4 Å². The molecule has 0 radical (unpaired) electrons. The van der Waals surface area contributed by atoms with E-state index in [0.29, 0.717) is 17.0 Å². The molecule has 2 aromatic carbocycles. The minimum absolute atomic E-state index is 0.175. The number of fused-ring (bicyclic) bond motifs is 2. The van der Waals surface area contributed by atoms with Gasteiger partial charge in [-0.2, -0.15) is 0 Å². The fourth-order valence-corrected chi connectivity index (χ4v) is 5.21. The summed E-state index contributed by atoms with van der Waals surface area (Å²) >= 11 is 1.49. The Bertz CT molecular complexity index is 1560. The first kappa shape index (κ1) is 20.7. The van der Waals surface area contributed by atoms with Crippen LogP contribution < -0.4 is 15.8 Å². The fourth-order valence-electron chi connectivity index (χ4n) is 4.52. The highest BCUT2D eigenvalue weighted by atomic mass is 32.1. The van der Waals surface area contributed by atoms with Gasteiger partial charge in [0.2, 0.25) is 0 Å². The Kier molecular flexibility index (Phi) is 5.15. The highest BCUT2D eigenvalue weighted by Crippen LogP contribution is 2.25. The molecule has 1 aliphatic heterocycles. The van der Waals surface area contributed by atoms with E-state index >= 15 is 0 Å². The van der Waals surface area contributed by atoms with Crippen LogP contribution in [0.4, 0.5) is 11.4 Å². The van der Waals surface area contributed by atoms with Gasteiger partial charge >= 0.3 is 0 Å². The number of aromatic nitrogens is 3. The predicted molar refractivity (Wildman–Crippen MR) is 138 cm³/mol. The van der Waals surface area contributed by atoms with Crippen LogP contribution in [0.2, 0.25) is 0 Å². The summed E-state index contributed by atoms with van der Waals surface area (Å²) in [5.41, 5.74) is 5.55. The highest BCUT2D eigenvalue weighted by molar-refractivity contribution is 7.09. The van der Waals surface area contributed by atoms with E-state index in [0.717, 1.165) is 40.7 Å². The second-order valence-electron chi connectivity index (χ2n) is 8.62. The summed E-state index contributed by atoms with van der Waals surface area (Å²) in [6.45, 7) is 2.18. The first-order chi connectivity index (χ1) is 16.6. The molecule has 0 spiro atoms. The average Bonchev–Trinajstić information content (AvgIpc) is 3.50. The molecule has 5 aromatic rings. The third-order valence-corrected chi connectivity index (χ3v) is 7.05. The van der Waals surface area contributed by atoms with Crippen molar-refractivity contribution < 1.29 is 4.79 Å². The molecular formula is C26H23N5O2S. The van der Waals surface area contributed by atoms with Crippen LogP contribution in [0.15, 0.2) is 64.1 Å². The van der Waals surface area contributed by atoms with Gasteiger partial charge in [-0.3, -0.25) is 9.59 Å². The van der Waals surface area contributed by atoms with Crippen molar-refractivity contribution in [1.82, 2.24) is 15.0 Å². The number of piperidine rings is 1. The van der Waals surface area contributed by atoms with Crippen LogP contribution in [-0.4, -0.2) is 33.9 Å². The molecule has 3 N–H and O–H groups in total. The maximum atomic E-state index is 12.9. The lowest BCUT2D eigenvalue weighted by atomic mass is 10.1. The van der Waals surface area contributed by atoms with Crippen LogP contribution in [0.5, 0.6) is 0 Å². The largest absolute Gasteiger partial charge is 0.372 e. The number of aromatic amines is 2. The Hall–Kier alpha value is -3.91. The molecular weight excluding hydrogens is 446 g/mol. The van der Waals surface area contributed by atoms with Crippen molar-refractivity contribution in [3.05, 3.63) is 75.2 Å². The number of hydrogen-bond acceptors (Lipinski definition) is 5. The van der Waals surface area contributed by atoms with Crippen molar-refractivity contribution in [2.75, 3.05) is 23.3 Å². The summed E-state index contributed by atoms with van der Waals surface area (Å²) in [4.78, 5) is 38.4. The molecule has 3 aromatic heterocycles. The van der Waals surface area contributed by atoms with E-state index in [1.165, 1.54) is 36.3 Å². The van der Waals surface area contributed by atoms with Gasteiger partial charge in [0.25, 0.3) is 11.5 Å². The maximum Gasteiger partial charge on any atom is 0.276 e. The van der Waals surface area contributed by atoms with Crippen LogP contribution in [0.25, 0.3) is 33.3 Å². The van der Waals surface area contributed by atoms with Crippen molar-refractivity contribution in [2.45, 2.75) is 19.3 Å². The Morgan fingerprint density at radius 3 is 2.59 bits per heavy atom. The van der Waals surface area contributed by atoms with E-state index < -0.39 is 0 Å². The molecule has 1 fully saturated rings. The van der Waals surface area contributed by atoms with Crippen LogP contribution in [-0.2, 0) is 0 Å². The van der Waals surface area contributed by atoms with Crippen LogP contribution in [0.3, 0.4) is 0 Å². The first-order valence-corrected chi connectivity index (χ1v) is 12.3. The van der Waals surface area contributed by atoms with Gasteiger partial charge < -0.3 is 20.2 Å². The average molecular weight is 470 g/mol. The number of carbonyl (C=O) groups is 1. The second-order valence-corrected chi connectivity index (χ2v) is 9.36. The van der Waals surface area contributed by atoms with Gasteiger partial charge in [0.15, 0.2) is 5.69 Å². The monoisotopic (exact) mass is 469 g/mol. The molecule has 1 saturated heterocycles. The fraction of sp³-hybridized carbons (Fsp3) is 0.192. The number of hydrogen-bond donors (Lipinski definition) is 3. The number of benzene rings is 2. The number of carbonyl (C=O) groups excluding carboxylic acids is 1. The lowest BCUT2D eigenvalue weighted by Gasteiger charge is -2.28. The molecule has 7 nitrogen and oxygen atoms in total. The highest BCUT2D eigenvalue weighted by Gasteiger charge is 2.14. The Morgan fingerprint density at radius 2 is 1.76 bits per heavy atom. The Labute approximate surface area is 199 Å². The number of nitrogens with one attached hydrogen (secondary N) is 3. The molecule has 34 heavy (non-hydrogen) atoms. The van der Waals surface area contributed by atoms with Crippen LogP contribution in [0.1, 0.15) is 29.6 Å². The van der Waals surface area contributed by atoms with Gasteiger partial charge in [0.1, 0.15) is 0 Å². The molecule has 0 aliphatic carbocycles. The summed E-state index contributed by atoms with van der Waals surface area (Å²) in [6.07, 6.45) is 3.76. The van der Waals surface area contributed by atoms with Gasteiger partial charge in [0.05, 0.1) is 16.7 Å². The van der Waals surface area contributed by atoms with Gasteiger partial charge in [-0.05, 0) is 67.8 Å². The number of H-pyrrole nitrogens is 2. The van der Waals surface area contributed by atoms with Gasteiger partial charge in [-0.25, -0.2) is 4.98 Å². The summed E-state index contributed by atoms with van der Waals surface area (Å²) in [7, 11) is 0. The summed E-state index contributed by atoms with van der Waals surface area (Å²) in [5, 5.41) is 7.59. The van der Waals surface area contributed by atoms with Crippen molar-refractivity contribution in [1.29, 1.82) is 0 Å². The lowest BCUT2D eigenvalue weighted by molar-refractivity contribution is 0.102. The topological polar surface area (TPSA) is 93.9 Å². The molecule has 1 amide bonds. The minimum atomic E-state index is -0.247. The Morgan fingerprint density at radius 1 is 0.941 bits per heavy atom. The maximum absolute atomic E-state index is 12.9. The SMILES string of the molecule is O=C(Nc1ccc(N2CCCCC2)cc1)c1ccc2[nH]c(-c3nc4cscc4[nH]c3=O)cc2c1. The molecule has 0 unspecified atom stereocenters. The van der Waals surface area contributed by atoms with Crippen LogP contribution in [0, 0.1) is 0 Å².